The van der Waals surface area contributed by atoms with Gasteiger partial charge in [-0.05, 0) is 45.7 Å². The molecule has 0 aliphatic carbocycles. The van der Waals surface area contributed by atoms with E-state index in [9.17, 15) is 4.79 Å². The molecule has 1 rings (SSSR count). The number of nitrogens with one attached hydrogen (secondary N) is 1. The standard InChI is InChI=1S/C13H26N2O2/c1-10-5-7-15(11(2)9-10)8-6-12(14-3)13(16)17-4/h10-12,14H,5-9H2,1-4H3. The smallest absolute Gasteiger partial charge is 0.322 e. The van der Waals surface area contributed by atoms with Gasteiger partial charge in [0.25, 0.3) is 0 Å². The van der Waals surface area contributed by atoms with E-state index in [-0.39, 0.29) is 12.0 Å². The molecule has 0 bridgehead atoms. The lowest BCUT2D eigenvalue weighted by atomic mass is 9.93. The van der Waals surface area contributed by atoms with Gasteiger partial charge in [-0.15, -0.1) is 0 Å². The Hall–Kier alpha value is -0.610. The van der Waals surface area contributed by atoms with Crippen LogP contribution in [-0.2, 0) is 9.53 Å². The van der Waals surface area contributed by atoms with Gasteiger partial charge in [0, 0.05) is 12.6 Å². The van der Waals surface area contributed by atoms with E-state index >= 15 is 0 Å². The summed E-state index contributed by atoms with van der Waals surface area (Å²) in [7, 11) is 3.25. The van der Waals surface area contributed by atoms with Crippen molar-refractivity contribution in [2.45, 2.75) is 45.2 Å². The second-order valence-electron chi connectivity index (χ2n) is 5.17. The first-order chi connectivity index (χ1) is 8.08. The number of ether oxygens (including phenoxy) is 1. The van der Waals surface area contributed by atoms with Gasteiger partial charge in [-0.1, -0.05) is 6.92 Å². The van der Waals surface area contributed by atoms with Gasteiger partial charge in [-0.25, -0.2) is 0 Å². The zero-order valence-corrected chi connectivity index (χ0v) is 11.5. The van der Waals surface area contributed by atoms with Gasteiger partial charge in [0.1, 0.15) is 6.04 Å². The largest absolute Gasteiger partial charge is 0.468 e. The van der Waals surface area contributed by atoms with Crippen LogP contribution in [0.1, 0.15) is 33.1 Å². The lowest BCUT2D eigenvalue weighted by Crippen LogP contribution is -2.44. The fraction of sp³-hybridized carbons (Fsp3) is 0.923. The molecule has 3 unspecified atom stereocenters. The average molecular weight is 242 g/mol. The van der Waals surface area contributed by atoms with Crippen molar-refractivity contribution in [2.24, 2.45) is 5.92 Å². The van der Waals surface area contributed by atoms with Crippen LogP contribution in [-0.4, -0.2) is 50.2 Å². The minimum atomic E-state index is -0.174. The Kier molecular flexibility index (Phi) is 5.92. The van der Waals surface area contributed by atoms with Crippen molar-refractivity contribution >= 4 is 5.97 Å². The second kappa shape index (κ2) is 6.97. The van der Waals surface area contributed by atoms with Gasteiger partial charge in [0.2, 0.25) is 0 Å². The third-order valence-corrected chi connectivity index (χ3v) is 3.82. The third-order valence-electron chi connectivity index (χ3n) is 3.82. The number of carbonyl (C=O) groups is 1. The van der Waals surface area contributed by atoms with Crippen LogP contribution < -0.4 is 5.32 Å². The molecule has 0 aromatic carbocycles. The number of likely N-dealkylation sites (tertiary alicyclic amines) is 1. The zero-order valence-electron chi connectivity index (χ0n) is 11.5. The molecule has 1 aliphatic rings. The van der Waals surface area contributed by atoms with E-state index in [0.717, 1.165) is 25.4 Å². The summed E-state index contributed by atoms with van der Waals surface area (Å²) < 4.78 is 4.77. The molecule has 100 valence electrons. The van der Waals surface area contributed by atoms with Gasteiger partial charge in [-0.3, -0.25) is 4.79 Å². The van der Waals surface area contributed by atoms with E-state index in [1.54, 1.807) is 0 Å². The number of hydrogen-bond acceptors (Lipinski definition) is 4. The fourth-order valence-corrected chi connectivity index (χ4v) is 2.61. The van der Waals surface area contributed by atoms with E-state index in [4.69, 9.17) is 4.74 Å². The van der Waals surface area contributed by atoms with Crippen molar-refractivity contribution in [1.82, 2.24) is 10.2 Å². The zero-order chi connectivity index (χ0) is 12.8. The summed E-state index contributed by atoms with van der Waals surface area (Å²) in [5.74, 6) is 0.674. The molecule has 0 aromatic rings. The quantitative estimate of drug-likeness (QED) is 0.737. The molecule has 1 heterocycles. The molecule has 0 aromatic heterocycles. The molecule has 3 atom stereocenters. The minimum absolute atomic E-state index is 0.162. The lowest BCUT2D eigenvalue weighted by Gasteiger charge is -2.37. The van der Waals surface area contributed by atoms with Gasteiger partial charge in [-0.2, -0.15) is 0 Å². The Labute approximate surface area is 105 Å². The topological polar surface area (TPSA) is 41.6 Å². The molecule has 0 radical (unpaired) electrons. The molecule has 1 fully saturated rings. The SMILES string of the molecule is CNC(CCN1CCC(C)CC1C)C(=O)OC. The summed E-state index contributed by atoms with van der Waals surface area (Å²) in [5, 5.41) is 3.01. The minimum Gasteiger partial charge on any atom is -0.468 e. The Morgan fingerprint density at radius 3 is 2.76 bits per heavy atom. The van der Waals surface area contributed by atoms with Crippen LogP contribution in [0.3, 0.4) is 0 Å². The Balaban J connectivity index is 2.36. The van der Waals surface area contributed by atoms with Gasteiger partial charge >= 0.3 is 5.97 Å². The number of hydrogen-bond donors (Lipinski definition) is 1. The fourth-order valence-electron chi connectivity index (χ4n) is 2.61. The molecule has 17 heavy (non-hydrogen) atoms. The van der Waals surface area contributed by atoms with E-state index in [1.165, 1.54) is 20.0 Å². The number of carbonyl (C=O) groups excluding carboxylic acids is 1. The maximum Gasteiger partial charge on any atom is 0.322 e. The van der Waals surface area contributed by atoms with E-state index < -0.39 is 0 Å². The van der Waals surface area contributed by atoms with E-state index in [1.807, 2.05) is 7.05 Å². The Morgan fingerprint density at radius 1 is 1.53 bits per heavy atom. The highest BCUT2D eigenvalue weighted by Gasteiger charge is 2.24. The molecule has 0 amide bonds. The molecular weight excluding hydrogens is 216 g/mol. The average Bonchev–Trinajstić information content (AvgIpc) is 2.31. The predicted molar refractivity (Wildman–Crippen MR) is 68.9 cm³/mol. The van der Waals surface area contributed by atoms with Crippen LogP contribution in [0.15, 0.2) is 0 Å². The highest BCUT2D eigenvalue weighted by molar-refractivity contribution is 5.75. The molecule has 0 saturated carbocycles. The number of piperidine rings is 1. The van der Waals surface area contributed by atoms with E-state index in [0.29, 0.717) is 6.04 Å². The van der Waals surface area contributed by atoms with Crippen molar-refractivity contribution < 1.29 is 9.53 Å². The first-order valence-corrected chi connectivity index (χ1v) is 6.57. The maximum atomic E-state index is 11.4. The van der Waals surface area contributed by atoms with Crippen LogP contribution in [0.2, 0.25) is 0 Å². The van der Waals surface area contributed by atoms with Gasteiger partial charge in [0.05, 0.1) is 7.11 Å². The highest BCUT2D eigenvalue weighted by Crippen LogP contribution is 2.22. The summed E-state index contributed by atoms with van der Waals surface area (Å²) in [6.45, 7) is 6.72. The predicted octanol–water partition coefficient (Wildman–Crippen LogP) is 1.26. The normalized spacial score (nSPS) is 27.8. The summed E-state index contributed by atoms with van der Waals surface area (Å²) in [6.07, 6.45) is 3.36. The number of nitrogens with zero attached hydrogens (tertiary/aromatic N) is 1. The van der Waals surface area contributed by atoms with Crippen molar-refractivity contribution in [1.29, 1.82) is 0 Å². The van der Waals surface area contributed by atoms with Crippen LogP contribution in [0.25, 0.3) is 0 Å². The van der Waals surface area contributed by atoms with Crippen LogP contribution in [0.5, 0.6) is 0 Å². The molecule has 1 saturated heterocycles. The van der Waals surface area contributed by atoms with Crippen molar-refractivity contribution in [3.8, 4) is 0 Å². The number of rotatable bonds is 5. The summed E-state index contributed by atoms with van der Waals surface area (Å²) >= 11 is 0. The maximum absolute atomic E-state index is 11.4. The van der Waals surface area contributed by atoms with Crippen molar-refractivity contribution in [3.05, 3.63) is 0 Å². The van der Waals surface area contributed by atoms with Crippen LogP contribution in [0.4, 0.5) is 0 Å². The first kappa shape index (κ1) is 14.5. The molecule has 4 heteroatoms. The lowest BCUT2D eigenvalue weighted by molar-refractivity contribution is -0.143. The summed E-state index contributed by atoms with van der Waals surface area (Å²) in [5.41, 5.74) is 0. The van der Waals surface area contributed by atoms with Crippen molar-refractivity contribution in [2.75, 3.05) is 27.2 Å². The number of likely N-dealkylation sites (N-methyl/N-ethyl adjacent to an activating group) is 1. The first-order valence-electron chi connectivity index (χ1n) is 6.57. The summed E-state index contributed by atoms with van der Waals surface area (Å²) in [6, 6.07) is 0.459. The van der Waals surface area contributed by atoms with Gasteiger partial charge < -0.3 is 15.0 Å². The molecular formula is C13H26N2O2. The molecule has 0 spiro atoms. The van der Waals surface area contributed by atoms with Crippen molar-refractivity contribution in [3.63, 3.8) is 0 Å². The second-order valence-corrected chi connectivity index (χ2v) is 5.17. The monoisotopic (exact) mass is 242 g/mol. The molecule has 1 N–H and O–H groups in total. The molecule has 1 aliphatic heterocycles. The van der Waals surface area contributed by atoms with Gasteiger partial charge in [0.15, 0.2) is 0 Å². The highest BCUT2D eigenvalue weighted by atomic mass is 16.5. The third kappa shape index (κ3) is 4.28. The van der Waals surface area contributed by atoms with E-state index in [2.05, 4.69) is 24.1 Å². The van der Waals surface area contributed by atoms with Crippen LogP contribution in [0, 0.1) is 5.92 Å². The Morgan fingerprint density at radius 2 is 2.24 bits per heavy atom. The van der Waals surface area contributed by atoms with Crippen LogP contribution >= 0.6 is 0 Å². The molecule has 4 nitrogen and oxygen atoms in total. The number of esters is 1. The number of methoxy groups -OCH3 is 1. The summed E-state index contributed by atoms with van der Waals surface area (Å²) in [4.78, 5) is 13.9. The Bertz CT molecular complexity index is 246.